The van der Waals surface area contributed by atoms with Gasteiger partial charge in [0.25, 0.3) is 0 Å². The zero-order valence-corrected chi connectivity index (χ0v) is 39.3. The maximum Gasteiger partial charge on any atom is 0.472 e. The molecule has 5 N–H and O–H groups in total. The van der Waals surface area contributed by atoms with Gasteiger partial charge in [-0.25, -0.2) is 9.13 Å². The third-order valence-electron chi connectivity index (χ3n) is 9.02. The molecular formula is C45H80O15P2. The fourth-order valence-electron chi connectivity index (χ4n) is 5.48. The Bertz CT molecular complexity index is 1350. The average Bonchev–Trinajstić information content (AvgIpc) is 3.24. The lowest BCUT2D eigenvalue weighted by Crippen LogP contribution is -2.25. The summed E-state index contributed by atoms with van der Waals surface area (Å²) in [7, 11) is -9.58. The Morgan fingerprint density at radius 1 is 0.452 bits per heavy atom. The Balaban J connectivity index is 3.93. The normalized spacial score (nSPS) is 15.8. The number of esters is 2. The van der Waals surface area contributed by atoms with Gasteiger partial charge in [0.15, 0.2) is 0 Å². The van der Waals surface area contributed by atoms with E-state index in [1.807, 2.05) is 24.3 Å². The van der Waals surface area contributed by atoms with Crippen LogP contribution in [0.3, 0.4) is 0 Å². The highest BCUT2D eigenvalue weighted by molar-refractivity contribution is 7.47. The van der Waals surface area contributed by atoms with E-state index in [9.17, 15) is 43.8 Å². The van der Waals surface area contributed by atoms with E-state index in [2.05, 4.69) is 68.4 Å². The second-order valence-corrected chi connectivity index (χ2v) is 18.0. The fraction of sp³-hybridized carbons (Fsp3) is 0.733. The molecule has 0 aliphatic rings. The maximum atomic E-state index is 12.1. The van der Waals surface area contributed by atoms with Crippen LogP contribution in [0.25, 0.3) is 0 Å². The van der Waals surface area contributed by atoms with Gasteiger partial charge in [0.1, 0.15) is 31.5 Å². The van der Waals surface area contributed by atoms with Gasteiger partial charge in [-0.05, 0) is 64.2 Å². The van der Waals surface area contributed by atoms with Gasteiger partial charge >= 0.3 is 27.6 Å². The van der Waals surface area contributed by atoms with Crippen molar-refractivity contribution < 1.29 is 71.4 Å². The number of phosphoric ester groups is 2. The first-order chi connectivity index (χ1) is 29.8. The van der Waals surface area contributed by atoms with Crippen molar-refractivity contribution in [3.63, 3.8) is 0 Å². The number of hydrogen-bond acceptors (Lipinski definition) is 13. The van der Waals surface area contributed by atoms with Gasteiger partial charge < -0.3 is 34.6 Å². The Morgan fingerprint density at radius 2 is 0.806 bits per heavy atom. The molecule has 5 unspecified atom stereocenters. The van der Waals surface area contributed by atoms with Crippen LogP contribution in [0.4, 0.5) is 0 Å². The molecule has 0 saturated carbocycles. The highest BCUT2D eigenvalue weighted by Gasteiger charge is 2.28. The number of allylic oxidation sites excluding steroid dienone is 10. The predicted octanol–water partition coefficient (Wildman–Crippen LogP) is 9.83. The van der Waals surface area contributed by atoms with Crippen molar-refractivity contribution in [3.8, 4) is 0 Å². The number of aliphatic hydroxyl groups excluding tert-OH is 3. The predicted molar refractivity (Wildman–Crippen MR) is 242 cm³/mol. The van der Waals surface area contributed by atoms with Gasteiger partial charge in [-0.15, -0.1) is 0 Å². The van der Waals surface area contributed by atoms with Crippen molar-refractivity contribution in [2.75, 3.05) is 39.6 Å². The zero-order valence-electron chi connectivity index (χ0n) is 37.5. The highest BCUT2D eigenvalue weighted by Crippen LogP contribution is 2.45. The lowest BCUT2D eigenvalue weighted by molar-refractivity contribution is -0.148. The SMILES string of the molecule is CC/C=C/C=C/C=C\CCCCCCCC(=O)OCC(O)COP(=O)(O)OCC(O)COP(=O)(O)OCC(O)COC(=O)CCCCCCCCC/C=C\C/C=C\CCCCC. The molecule has 0 fully saturated rings. The summed E-state index contributed by atoms with van der Waals surface area (Å²) in [5.41, 5.74) is 0. The highest BCUT2D eigenvalue weighted by atomic mass is 31.2. The maximum absolute atomic E-state index is 12.1. The minimum Gasteiger partial charge on any atom is -0.463 e. The van der Waals surface area contributed by atoms with Crippen LogP contribution >= 0.6 is 15.6 Å². The molecule has 62 heavy (non-hydrogen) atoms. The third kappa shape index (κ3) is 43.0. The topological polar surface area (TPSA) is 225 Å². The molecule has 360 valence electrons. The Hall–Kier alpha value is -2.26. The Morgan fingerprint density at radius 3 is 1.23 bits per heavy atom. The summed E-state index contributed by atoms with van der Waals surface area (Å²) in [5, 5.41) is 30.0. The van der Waals surface area contributed by atoms with Gasteiger partial charge in [0.05, 0.1) is 26.4 Å². The second kappa shape index (κ2) is 41.4. The zero-order chi connectivity index (χ0) is 46.0. The van der Waals surface area contributed by atoms with Crippen LogP contribution in [0.15, 0.2) is 60.8 Å². The molecule has 0 rings (SSSR count). The largest absolute Gasteiger partial charge is 0.472 e. The smallest absolute Gasteiger partial charge is 0.463 e. The molecule has 0 aliphatic heterocycles. The van der Waals surface area contributed by atoms with E-state index in [0.29, 0.717) is 12.8 Å². The monoisotopic (exact) mass is 922 g/mol. The van der Waals surface area contributed by atoms with Crippen molar-refractivity contribution in [2.45, 2.75) is 173 Å². The quantitative estimate of drug-likeness (QED) is 0.0126. The second-order valence-electron chi connectivity index (χ2n) is 15.1. The molecule has 0 heterocycles. The number of phosphoric acid groups is 2. The van der Waals surface area contributed by atoms with Crippen LogP contribution in [0.5, 0.6) is 0 Å². The minimum atomic E-state index is -4.79. The minimum absolute atomic E-state index is 0.171. The molecule has 17 heteroatoms. The van der Waals surface area contributed by atoms with Gasteiger partial charge in [0.2, 0.25) is 0 Å². The van der Waals surface area contributed by atoms with Crippen LogP contribution in [-0.2, 0) is 46.3 Å². The average molecular weight is 923 g/mol. The molecule has 5 atom stereocenters. The van der Waals surface area contributed by atoms with Crippen LogP contribution in [0.2, 0.25) is 0 Å². The number of carbonyl (C=O) groups is 2. The van der Waals surface area contributed by atoms with Crippen molar-refractivity contribution in [2.24, 2.45) is 0 Å². The molecule has 0 spiro atoms. The van der Waals surface area contributed by atoms with E-state index in [1.165, 1.54) is 38.5 Å². The van der Waals surface area contributed by atoms with E-state index in [-0.39, 0.29) is 12.8 Å². The lowest BCUT2D eigenvalue weighted by Gasteiger charge is -2.19. The molecule has 0 saturated heterocycles. The molecule has 0 aromatic carbocycles. The molecular weight excluding hydrogens is 842 g/mol. The lowest BCUT2D eigenvalue weighted by atomic mass is 10.1. The summed E-state index contributed by atoms with van der Waals surface area (Å²) in [6.07, 6.45) is 37.9. The summed E-state index contributed by atoms with van der Waals surface area (Å²) in [6.45, 7) is 0.206. The molecule has 0 radical (unpaired) electrons. The third-order valence-corrected chi connectivity index (χ3v) is 10.9. The molecule has 0 bridgehead atoms. The summed E-state index contributed by atoms with van der Waals surface area (Å²) >= 11 is 0. The fourth-order valence-corrected chi connectivity index (χ4v) is 7.07. The van der Waals surface area contributed by atoms with Gasteiger partial charge in [0, 0.05) is 12.8 Å². The van der Waals surface area contributed by atoms with E-state index in [0.717, 1.165) is 77.0 Å². The van der Waals surface area contributed by atoms with Crippen molar-refractivity contribution in [1.82, 2.24) is 0 Å². The first-order valence-corrected chi connectivity index (χ1v) is 25.7. The van der Waals surface area contributed by atoms with Crippen LogP contribution in [-0.4, -0.2) is 95.0 Å². The van der Waals surface area contributed by atoms with Gasteiger partial charge in [-0.2, -0.15) is 0 Å². The number of unbranched alkanes of at least 4 members (excludes halogenated alkanes) is 15. The van der Waals surface area contributed by atoms with E-state index in [1.54, 1.807) is 0 Å². The van der Waals surface area contributed by atoms with Crippen molar-refractivity contribution >= 4 is 27.6 Å². The van der Waals surface area contributed by atoms with Gasteiger partial charge in [-0.1, -0.05) is 139 Å². The molecule has 0 aromatic heterocycles. The number of aliphatic hydroxyl groups is 3. The van der Waals surface area contributed by atoms with E-state index < -0.39 is 85.5 Å². The molecule has 15 nitrogen and oxygen atoms in total. The van der Waals surface area contributed by atoms with E-state index in [4.69, 9.17) is 9.47 Å². The summed E-state index contributed by atoms with van der Waals surface area (Å²) in [5.74, 6) is -1.03. The first-order valence-electron chi connectivity index (χ1n) is 22.7. The van der Waals surface area contributed by atoms with Crippen LogP contribution in [0, 0.1) is 0 Å². The summed E-state index contributed by atoms with van der Waals surface area (Å²) in [4.78, 5) is 43.7. The number of rotatable bonds is 43. The van der Waals surface area contributed by atoms with Crippen LogP contribution in [0.1, 0.15) is 155 Å². The summed E-state index contributed by atoms with van der Waals surface area (Å²) < 4.78 is 52.9. The van der Waals surface area contributed by atoms with Crippen molar-refractivity contribution in [1.29, 1.82) is 0 Å². The first kappa shape index (κ1) is 59.7. The molecule has 0 amide bonds. The number of hydrogen-bond donors (Lipinski definition) is 5. The van der Waals surface area contributed by atoms with E-state index >= 15 is 0 Å². The number of ether oxygens (including phenoxy) is 2. The Kier molecular flexibility index (Phi) is 39.9. The molecule has 0 aliphatic carbocycles. The van der Waals surface area contributed by atoms with Crippen molar-refractivity contribution in [3.05, 3.63) is 60.8 Å². The standard InChI is InChI=1S/C45H80O15P2/c1-3-5-7-9-11-13-15-17-18-19-20-22-24-26-28-30-32-34-45(50)56-36-42(47)38-58-62(53,54)60-40-43(48)39-59-61(51,52)57-37-41(46)35-55-44(49)33-31-29-27-25-23-21-16-14-12-10-8-6-4-2/h6,8,10-14,16-18,41-43,46-48H,3-5,7,9,15,19-40H2,1-2H3,(H,51,52)(H,53,54)/b8-6+,12-10+,13-11-,16-14-,18-17-. The number of carbonyl (C=O) groups excluding carboxylic acids is 2. The Labute approximate surface area is 371 Å². The molecule has 0 aromatic rings. The van der Waals surface area contributed by atoms with Crippen LogP contribution < -0.4 is 0 Å². The summed E-state index contributed by atoms with van der Waals surface area (Å²) in [6, 6.07) is 0. The van der Waals surface area contributed by atoms with Gasteiger partial charge in [-0.3, -0.25) is 27.7 Å².